The van der Waals surface area contributed by atoms with Crippen LogP contribution in [0.2, 0.25) is 0 Å². The van der Waals surface area contributed by atoms with Crippen molar-refractivity contribution in [2.24, 2.45) is 28.6 Å². The molecule has 0 amide bonds. The van der Waals surface area contributed by atoms with Crippen LogP contribution >= 0.6 is 0 Å². The van der Waals surface area contributed by atoms with Gasteiger partial charge in [-0.25, -0.2) is 0 Å². The molecule has 3 unspecified atom stereocenters. The minimum absolute atomic E-state index is 0.148. The summed E-state index contributed by atoms with van der Waals surface area (Å²) in [7, 11) is 0. The van der Waals surface area contributed by atoms with Crippen LogP contribution in [0.4, 0.5) is 0 Å². The van der Waals surface area contributed by atoms with Crippen molar-refractivity contribution in [2.75, 3.05) is 0 Å². The molecule has 0 aromatic carbocycles. The fourth-order valence-corrected chi connectivity index (χ4v) is 3.89. The zero-order chi connectivity index (χ0) is 20.3. The molecule has 0 spiro atoms. The van der Waals surface area contributed by atoms with Crippen LogP contribution < -0.4 is 0 Å². The molecule has 0 aliphatic heterocycles. The van der Waals surface area contributed by atoms with E-state index >= 15 is 0 Å². The Balaban J connectivity index is 3.20. The van der Waals surface area contributed by atoms with Gasteiger partial charge in [0.25, 0.3) is 0 Å². The van der Waals surface area contributed by atoms with Gasteiger partial charge in [-0.1, -0.05) is 26.2 Å². The molecule has 1 saturated carbocycles. The van der Waals surface area contributed by atoms with Crippen LogP contribution in [0.5, 0.6) is 0 Å². The normalized spacial score (nSPS) is 24.5. The molecule has 0 heterocycles. The quantitative estimate of drug-likeness (QED) is 0.375. The third kappa shape index (κ3) is 4.53. The first kappa shape index (κ1) is 21.9. The second-order valence-corrected chi connectivity index (χ2v) is 8.09. The second kappa shape index (κ2) is 8.05. The number of aliphatic carboxylic acids is 4. The molecule has 8 nitrogen and oxygen atoms in total. The molecule has 1 aliphatic carbocycles. The Hall–Kier alpha value is -2.12. The van der Waals surface area contributed by atoms with Crippen molar-refractivity contribution in [1.29, 1.82) is 0 Å². The van der Waals surface area contributed by atoms with E-state index in [2.05, 4.69) is 0 Å². The predicted octanol–water partition coefficient (Wildman–Crippen LogP) is 2.56. The van der Waals surface area contributed by atoms with Crippen molar-refractivity contribution in [1.82, 2.24) is 0 Å². The molecule has 1 rings (SSSR count). The molecular formula is C18H28O8. The van der Waals surface area contributed by atoms with Gasteiger partial charge >= 0.3 is 23.9 Å². The Morgan fingerprint density at radius 2 is 1.15 bits per heavy atom. The van der Waals surface area contributed by atoms with Crippen LogP contribution in [0, 0.1) is 28.6 Å². The van der Waals surface area contributed by atoms with Gasteiger partial charge in [0, 0.05) is 0 Å². The summed E-state index contributed by atoms with van der Waals surface area (Å²) in [5.74, 6) is -6.28. The summed E-state index contributed by atoms with van der Waals surface area (Å²) in [6, 6.07) is 0. The highest BCUT2D eigenvalue weighted by atomic mass is 16.4. The lowest BCUT2D eigenvalue weighted by Gasteiger charge is -2.34. The third-order valence-electron chi connectivity index (χ3n) is 5.87. The number of carboxylic acids is 4. The Kier molecular flexibility index (Phi) is 6.79. The third-order valence-corrected chi connectivity index (χ3v) is 5.87. The summed E-state index contributed by atoms with van der Waals surface area (Å²) in [6.07, 6.45) is 2.44. The molecule has 8 heteroatoms. The van der Waals surface area contributed by atoms with Crippen LogP contribution in [-0.2, 0) is 19.2 Å². The summed E-state index contributed by atoms with van der Waals surface area (Å²) in [5, 5.41) is 37.6. The molecule has 0 aromatic rings. The summed E-state index contributed by atoms with van der Waals surface area (Å²) < 4.78 is 0. The summed E-state index contributed by atoms with van der Waals surface area (Å²) in [6.45, 7) is 4.29. The molecule has 4 N–H and O–H groups in total. The van der Waals surface area contributed by atoms with Gasteiger partial charge in [-0.2, -0.15) is 0 Å². The summed E-state index contributed by atoms with van der Waals surface area (Å²) in [4.78, 5) is 46.1. The monoisotopic (exact) mass is 372 g/mol. The van der Waals surface area contributed by atoms with Gasteiger partial charge in [0.15, 0.2) is 10.8 Å². The predicted molar refractivity (Wildman–Crippen MR) is 90.6 cm³/mol. The van der Waals surface area contributed by atoms with Gasteiger partial charge < -0.3 is 20.4 Å². The Bertz CT molecular complexity index is 554. The molecular weight excluding hydrogens is 344 g/mol. The van der Waals surface area contributed by atoms with Crippen LogP contribution in [0.3, 0.4) is 0 Å². The fourth-order valence-electron chi connectivity index (χ4n) is 3.89. The van der Waals surface area contributed by atoms with E-state index in [9.17, 15) is 39.6 Å². The van der Waals surface area contributed by atoms with Crippen molar-refractivity contribution in [3.05, 3.63) is 0 Å². The van der Waals surface area contributed by atoms with Crippen molar-refractivity contribution >= 4 is 23.9 Å². The maximum atomic E-state index is 11.5. The van der Waals surface area contributed by atoms with E-state index in [1.165, 1.54) is 0 Å². The molecule has 1 aliphatic rings. The SMILES string of the molecule is CC1CCCC(CC(C)(C(=O)O)C(=O)O)C(CC(C)(C(=O)O)C(=O)O)C1. The van der Waals surface area contributed by atoms with Crippen molar-refractivity contribution in [2.45, 2.75) is 59.3 Å². The van der Waals surface area contributed by atoms with Gasteiger partial charge in [-0.05, 0) is 50.9 Å². The molecule has 26 heavy (non-hydrogen) atoms. The number of carboxylic acid groups (broad SMARTS) is 4. The number of hydrogen-bond donors (Lipinski definition) is 4. The van der Waals surface area contributed by atoms with E-state index in [1.54, 1.807) is 0 Å². The van der Waals surface area contributed by atoms with Gasteiger partial charge in [-0.3, -0.25) is 19.2 Å². The first-order valence-electron chi connectivity index (χ1n) is 8.78. The zero-order valence-electron chi connectivity index (χ0n) is 15.4. The first-order valence-corrected chi connectivity index (χ1v) is 8.78. The van der Waals surface area contributed by atoms with E-state index in [1.807, 2.05) is 6.92 Å². The maximum absolute atomic E-state index is 11.5. The van der Waals surface area contributed by atoms with E-state index in [0.717, 1.165) is 26.7 Å². The number of hydrogen-bond acceptors (Lipinski definition) is 4. The molecule has 0 aromatic heterocycles. The standard InChI is InChI=1S/C18H28O8/c1-10-5-4-6-11(8-17(2,13(19)20)14(21)22)12(7-10)9-18(3,15(23)24)16(25)26/h10-12H,4-9H2,1-3H3,(H,19,20)(H,21,22)(H,23,24)(H,25,26). The largest absolute Gasteiger partial charge is 0.480 e. The van der Waals surface area contributed by atoms with Crippen LogP contribution in [0.1, 0.15) is 59.3 Å². The molecule has 0 bridgehead atoms. The summed E-state index contributed by atoms with van der Waals surface area (Å²) in [5.41, 5.74) is -3.98. The molecule has 1 fully saturated rings. The van der Waals surface area contributed by atoms with Crippen molar-refractivity contribution < 1.29 is 39.6 Å². The van der Waals surface area contributed by atoms with Gasteiger partial charge in [0.2, 0.25) is 0 Å². The number of carbonyl (C=O) groups is 4. The Morgan fingerprint density at radius 3 is 1.54 bits per heavy atom. The lowest BCUT2D eigenvalue weighted by molar-refractivity contribution is -0.169. The Labute approximate surface area is 152 Å². The second-order valence-electron chi connectivity index (χ2n) is 8.09. The first-order chi connectivity index (χ1) is 11.8. The average molecular weight is 372 g/mol. The van der Waals surface area contributed by atoms with E-state index in [0.29, 0.717) is 12.8 Å². The van der Waals surface area contributed by atoms with Crippen molar-refractivity contribution in [3.8, 4) is 0 Å². The zero-order valence-corrected chi connectivity index (χ0v) is 15.4. The smallest absolute Gasteiger partial charge is 0.320 e. The lowest BCUT2D eigenvalue weighted by atomic mass is 9.68. The van der Waals surface area contributed by atoms with Crippen LogP contribution in [0.25, 0.3) is 0 Å². The lowest BCUT2D eigenvalue weighted by Crippen LogP contribution is -2.42. The molecule has 148 valence electrons. The Morgan fingerprint density at radius 1 is 0.769 bits per heavy atom. The van der Waals surface area contributed by atoms with Crippen LogP contribution in [0.15, 0.2) is 0 Å². The minimum Gasteiger partial charge on any atom is -0.480 e. The minimum atomic E-state index is -1.99. The van der Waals surface area contributed by atoms with Crippen LogP contribution in [-0.4, -0.2) is 44.3 Å². The highest BCUT2D eigenvalue weighted by Crippen LogP contribution is 2.44. The molecule has 3 atom stereocenters. The topological polar surface area (TPSA) is 149 Å². The molecule has 0 saturated heterocycles. The average Bonchev–Trinajstić information content (AvgIpc) is 2.67. The fraction of sp³-hybridized carbons (Fsp3) is 0.778. The van der Waals surface area contributed by atoms with Crippen molar-refractivity contribution in [3.63, 3.8) is 0 Å². The highest BCUT2D eigenvalue weighted by Gasteiger charge is 2.49. The number of rotatable bonds is 8. The van der Waals surface area contributed by atoms with E-state index < -0.39 is 34.7 Å². The van der Waals surface area contributed by atoms with E-state index in [4.69, 9.17) is 0 Å². The van der Waals surface area contributed by atoms with E-state index in [-0.39, 0.29) is 30.6 Å². The van der Waals surface area contributed by atoms with Gasteiger partial charge in [0.05, 0.1) is 0 Å². The van der Waals surface area contributed by atoms with Gasteiger partial charge in [-0.15, -0.1) is 0 Å². The highest BCUT2D eigenvalue weighted by molar-refractivity contribution is 5.98. The molecule has 0 radical (unpaired) electrons. The maximum Gasteiger partial charge on any atom is 0.320 e. The summed E-state index contributed by atoms with van der Waals surface area (Å²) >= 11 is 0. The van der Waals surface area contributed by atoms with Gasteiger partial charge in [0.1, 0.15) is 0 Å².